The molecule has 114 valence electrons. The lowest BCUT2D eigenvalue weighted by atomic mass is 10.1. The van der Waals surface area contributed by atoms with Crippen LogP contribution >= 0.6 is 0 Å². The van der Waals surface area contributed by atoms with Crippen molar-refractivity contribution in [1.82, 2.24) is 0 Å². The van der Waals surface area contributed by atoms with Crippen molar-refractivity contribution in [2.24, 2.45) is 0 Å². The van der Waals surface area contributed by atoms with Crippen LogP contribution in [0, 0.1) is 13.8 Å². The number of anilines is 1. The fourth-order valence-corrected chi connectivity index (χ4v) is 2.16. The molecule has 2 N–H and O–H groups in total. The summed E-state index contributed by atoms with van der Waals surface area (Å²) in [4.78, 5) is 23.6. The number of rotatable bonds is 4. The number of hydrogen-bond acceptors (Lipinski definition) is 3. The summed E-state index contributed by atoms with van der Waals surface area (Å²) < 4.78 is 5.20. The van der Waals surface area contributed by atoms with Crippen LogP contribution in [-0.2, 0) is 0 Å². The Balaban J connectivity index is 2.36. The number of benzene rings is 2. The number of hydrogen-bond donors (Lipinski definition) is 2. The first kappa shape index (κ1) is 15.6. The topological polar surface area (TPSA) is 75.6 Å². The normalized spacial score (nSPS) is 10.1. The lowest BCUT2D eigenvalue weighted by Crippen LogP contribution is -2.16. The van der Waals surface area contributed by atoms with E-state index >= 15 is 0 Å². The molecule has 2 rings (SSSR count). The minimum absolute atomic E-state index is 0.0624. The molecule has 5 heteroatoms. The largest absolute Gasteiger partial charge is 0.496 e. The van der Waals surface area contributed by atoms with Gasteiger partial charge in [0.2, 0.25) is 0 Å². The maximum atomic E-state index is 12.4. The van der Waals surface area contributed by atoms with Crippen molar-refractivity contribution in [2.45, 2.75) is 13.8 Å². The molecule has 2 aromatic rings. The van der Waals surface area contributed by atoms with Gasteiger partial charge in [-0.3, -0.25) is 4.79 Å². The van der Waals surface area contributed by atoms with Crippen LogP contribution in [0.5, 0.6) is 5.75 Å². The molecule has 0 heterocycles. The number of nitrogens with one attached hydrogen (secondary N) is 1. The summed E-state index contributed by atoms with van der Waals surface area (Å²) in [5.41, 5.74) is 2.38. The van der Waals surface area contributed by atoms with Crippen LogP contribution in [0.4, 0.5) is 5.69 Å². The molecule has 0 aliphatic rings. The highest BCUT2D eigenvalue weighted by molar-refractivity contribution is 6.08. The summed E-state index contributed by atoms with van der Waals surface area (Å²) in [5.74, 6) is -0.855. The molecule has 0 fully saturated rings. The van der Waals surface area contributed by atoms with E-state index in [-0.39, 0.29) is 11.5 Å². The number of ether oxygens (including phenoxy) is 1. The van der Waals surface area contributed by atoms with Crippen molar-refractivity contribution < 1.29 is 19.4 Å². The van der Waals surface area contributed by atoms with E-state index < -0.39 is 5.97 Å². The molecule has 0 bridgehead atoms. The van der Waals surface area contributed by atoms with Crippen LogP contribution < -0.4 is 10.1 Å². The van der Waals surface area contributed by atoms with Gasteiger partial charge in [0.15, 0.2) is 0 Å². The molecule has 0 saturated heterocycles. The predicted octanol–water partition coefficient (Wildman–Crippen LogP) is 3.26. The molecular weight excluding hydrogens is 282 g/mol. The maximum absolute atomic E-state index is 12.4. The second kappa shape index (κ2) is 6.30. The zero-order valence-corrected chi connectivity index (χ0v) is 12.6. The summed E-state index contributed by atoms with van der Waals surface area (Å²) in [6, 6.07) is 9.93. The van der Waals surface area contributed by atoms with Gasteiger partial charge in [-0.1, -0.05) is 18.2 Å². The number of aryl methyl sites for hydroxylation is 2. The van der Waals surface area contributed by atoms with Gasteiger partial charge in [-0.15, -0.1) is 0 Å². The third-order valence-corrected chi connectivity index (χ3v) is 3.41. The van der Waals surface area contributed by atoms with Crippen LogP contribution in [0.15, 0.2) is 36.4 Å². The van der Waals surface area contributed by atoms with Crippen molar-refractivity contribution in [2.75, 3.05) is 12.4 Å². The fourth-order valence-electron chi connectivity index (χ4n) is 2.16. The van der Waals surface area contributed by atoms with Crippen molar-refractivity contribution in [3.8, 4) is 5.75 Å². The highest BCUT2D eigenvalue weighted by Gasteiger charge is 2.16. The zero-order valence-electron chi connectivity index (χ0n) is 12.6. The lowest BCUT2D eigenvalue weighted by Gasteiger charge is -2.12. The monoisotopic (exact) mass is 299 g/mol. The van der Waals surface area contributed by atoms with Gasteiger partial charge in [0.05, 0.1) is 18.4 Å². The second-order valence-corrected chi connectivity index (χ2v) is 4.94. The number of aromatic carboxylic acids is 1. The first-order valence-corrected chi connectivity index (χ1v) is 6.73. The van der Waals surface area contributed by atoms with E-state index in [9.17, 15) is 14.7 Å². The summed E-state index contributed by atoms with van der Waals surface area (Å²) >= 11 is 0. The van der Waals surface area contributed by atoms with Crippen molar-refractivity contribution in [3.05, 3.63) is 58.7 Å². The Hall–Kier alpha value is -2.82. The van der Waals surface area contributed by atoms with Gasteiger partial charge in [-0.05, 0) is 43.2 Å². The van der Waals surface area contributed by atoms with Gasteiger partial charge in [-0.2, -0.15) is 0 Å². The van der Waals surface area contributed by atoms with Crippen molar-refractivity contribution >= 4 is 17.6 Å². The average molecular weight is 299 g/mol. The molecule has 0 aliphatic carbocycles. The highest BCUT2D eigenvalue weighted by Crippen LogP contribution is 2.23. The SMILES string of the molecule is COc1cc(C(=O)Nc2c(C)cccc2C(=O)O)ccc1C. The Morgan fingerprint density at radius 1 is 1.09 bits per heavy atom. The number of carboxylic acid groups (broad SMARTS) is 1. The second-order valence-electron chi connectivity index (χ2n) is 4.94. The zero-order chi connectivity index (χ0) is 16.3. The number of methoxy groups -OCH3 is 1. The van der Waals surface area contributed by atoms with Crippen LogP contribution in [-0.4, -0.2) is 24.1 Å². The molecule has 0 aliphatic heterocycles. The Labute approximate surface area is 128 Å². The summed E-state index contributed by atoms with van der Waals surface area (Å²) in [7, 11) is 1.54. The number of para-hydroxylation sites is 1. The smallest absolute Gasteiger partial charge is 0.337 e. The number of amides is 1. The van der Waals surface area contributed by atoms with E-state index in [0.29, 0.717) is 22.6 Å². The number of carboxylic acids is 1. The quantitative estimate of drug-likeness (QED) is 0.908. The van der Waals surface area contributed by atoms with E-state index in [0.717, 1.165) is 5.56 Å². The van der Waals surface area contributed by atoms with Gasteiger partial charge in [-0.25, -0.2) is 4.79 Å². The number of carbonyl (C=O) groups excluding carboxylic acids is 1. The predicted molar refractivity (Wildman–Crippen MR) is 83.8 cm³/mol. The van der Waals surface area contributed by atoms with Crippen LogP contribution in [0.1, 0.15) is 31.8 Å². The molecule has 22 heavy (non-hydrogen) atoms. The highest BCUT2D eigenvalue weighted by atomic mass is 16.5. The molecule has 0 aromatic heterocycles. The summed E-state index contributed by atoms with van der Waals surface area (Å²) in [6.45, 7) is 3.63. The molecule has 5 nitrogen and oxygen atoms in total. The lowest BCUT2D eigenvalue weighted by molar-refractivity contribution is 0.0698. The maximum Gasteiger partial charge on any atom is 0.337 e. The van der Waals surface area contributed by atoms with E-state index in [1.54, 1.807) is 37.3 Å². The molecule has 2 aromatic carbocycles. The molecule has 1 amide bonds. The van der Waals surface area contributed by atoms with E-state index in [2.05, 4.69) is 5.32 Å². The summed E-state index contributed by atoms with van der Waals surface area (Å²) in [5, 5.41) is 11.9. The van der Waals surface area contributed by atoms with Gasteiger partial charge in [0.1, 0.15) is 5.75 Å². The molecule has 0 atom stereocenters. The van der Waals surface area contributed by atoms with Gasteiger partial charge in [0.25, 0.3) is 5.91 Å². The fraction of sp³-hybridized carbons (Fsp3) is 0.176. The minimum atomic E-state index is -1.08. The van der Waals surface area contributed by atoms with Crippen LogP contribution in [0.25, 0.3) is 0 Å². The van der Waals surface area contributed by atoms with Crippen molar-refractivity contribution in [1.29, 1.82) is 0 Å². The van der Waals surface area contributed by atoms with Crippen molar-refractivity contribution in [3.63, 3.8) is 0 Å². The standard InChI is InChI=1S/C17H17NO4/c1-10-7-8-12(9-14(10)22-3)16(19)18-15-11(2)5-4-6-13(15)17(20)21/h4-9H,1-3H3,(H,18,19)(H,20,21). The molecular formula is C17H17NO4. The molecule has 0 spiro atoms. The Morgan fingerprint density at radius 2 is 1.82 bits per heavy atom. The Kier molecular flexibility index (Phi) is 4.46. The molecule has 0 saturated carbocycles. The first-order chi connectivity index (χ1) is 10.4. The van der Waals surface area contributed by atoms with E-state index in [1.165, 1.54) is 13.2 Å². The Morgan fingerprint density at radius 3 is 2.45 bits per heavy atom. The number of carbonyl (C=O) groups is 2. The van der Waals surface area contributed by atoms with Gasteiger partial charge >= 0.3 is 5.97 Å². The van der Waals surface area contributed by atoms with Crippen LogP contribution in [0.2, 0.25) is 0 Å². The van der Waals surface area contributed by atoms with Crippen LogP contribution in [0.3, 0.4) is 0 Å². The Bertz CT molecular complexity index is 737. The van der Waals surface area contributed by atoms with Gasteiger partial charge in [0, 0.05) is 5.56 Å². The summed E-state index contributed by atoms with van der Waals surface area (Å²) in [6.07, 6.45) is 0. The molecule has 0 radical (unpaired) electrons. The van der Waals surface area contributed by atoms with E-state index in [4.69, 9.17) is 4.74 Å². The molecule has 0 unspecified atom stereocenters. The third-order valence-electron chi connectivity index (χ3n) is 3.41. The minimum Gasteiger partial charge on any atom is -0.496 e. The first-order valence-electron chi connectivity index (χ1n) is 6.73. The van der Waals surface area contributed by atoms with Gasteiger partial charge < -0.3 is 15.2 Å². The van der Waals surface area contributed by atoms with E-state index in [1.807, 2.05) is 6.92 Å². The average Bonchev–Trinajstić information content (AvgIpc) is 2.49. The third kappa shape index (κ3) is 3.09.